The second-order valence-electron chi connectivity index (χ2n) is 5.19. The summed E-state index contributed by atoms with van der Waals surface area (Å²) in [5, 5.41) is 6.10. The van der Waals surface area contributed by atoms with Gasteiger partial charge >= 0.3 is 0 Å². The summed E-state index contributed by atoms with van der Waals surface area (Å²) in [7, 11) is 0. The molecule has 1 unspecified atom stereocenters. The molecule has 114 valence electrons. The van der Waals surface area contributed by atoms with Crippen LogP contribution in [0.5, 0.6) is 0 Å². The van der Waals surface area contributed by atoms with Crippen molar-refractivity contribution in [1.29, 1.82) is 0 Å². The molecular weight excluding hydrogens is 323 g/mol. The Balaban J connectivity index is 1.82. The Morgan fingerprint density at radius 2 is 2.09 bits per heavy atom. The first kappa shape index (κ1) is 15.2. The second-order valence-corrected chi connectivity index (χ2v) is 6.00. The van der Waals surface area contributed by atoms with Gasteiger partial charge in [-0.3, -0.25) is 4.79 Å². The van der Waals surface area contributed by atoms with Crippen molar-refractivity contribution in [3.8, 4) is 11.3 Å². The maximum Gasteiger partial charge on any atom is 0.270 e. The number of rotatable bonds is 3. The maximum atomic E-state index is 12.2. The van der Waals surface area contributed by atoms with Crippen molar-refractivity contribution in [1.82, 2.24) is 15.3 Å². The minimum atomic E-state index is -0.177. The van der Waals surface area contributed by atoms with Gasteiger partial charge in [-0.1, -0.05) is 29.3 Å². The van der Waals surface area contributed by atoms with E-state index in [4.69, 9.17) is 23.2 Å². The highest BCUT2D eigenvalue weighted by Crippen LogP contribution is 2.27. The lowest BCUT2D eigenvalue weighted by Gasteiger charge is -2.09. The lowest BCUT2D eigenvalue weighted by Crippen LogP contribution is -2.82. The van der Waals surface area contributed by atoms with Crippen LogP contribution in [-0.4, -0.2) is 35.0 Å². The number of quaternary nitrogens is 1. The number of benzene rings is 1. The second kappa shape index (κ2) is 6.60. The summed E-state index contributed by atoms with van der Waals surface area (Å²) in [6.07, 6.45) is 2.37. The molecule has 0 spiro atoms. The minimum absolute atomic E-state index is 0.177. The SMILES string of the molecule is O=C(NC1CC[NH2+]C1)c1cc(-c2ccc(Cl)c(Cl)c2)ncn1. The molecule has 0 aliphatic carbocycles. The maximum absolute atomic E-state index is 12.2. The molecule has 3 rings (SSSR count). The van der Waals surface area contributed by atoms with Gasteiger partial charge in [-0.2, -0.15) is 0 Å². The average molecular weight is 338 g/mol. The number of hydrogen-bond acceptors (Lipinski definition) is 3. The van der Waals surface area contributed by atoms with Gasteiger partial charge in [-0.15, -0.1) is 0 Å². The van der Waals surface area contributed by atoms with Gasteiger partial charge in [0.05, 0.1) is 34.9 Å². The van der Waals surface area contributed by atoms with Crippen molar-refractivity contribution >= 4 is 29.1 Å². The Hall–Kier alpha value is -1.69. The van der Waals surface area contributed by atoms with Gasteiger partial charge in [0.25, 0.3) is 5.91 Å². The zero-order valence-electron chi connectivity index (χ0n) is 11.7. The predicted molar refractivity (Wildman–Crippen MR) is 85.0 cm³/mol. The summed E-state index contributed by atoms with van der Waals surface area (Å²) in [5.41, 5.74) is 1.78. The van der Waals surface area contributed by atoms with Crippen molar-refractivity contribution < 1.29 is 10.1 Å². The lowest BCUT2D eigenvalue weighted by atomic mass is 10.1. The van der Waals surface area contributed by atoms with E-state index in [0.717, 1.165) is 25.1 Å². The largest absolute Gasteiger partial charge is 0.344 e. The first-order valence-corrected chi connectivity index (χ1v) is 7.79. The van der Waals surface area contributed by atoms with Crippen LogP contribution in [0.1, 0.15) is 16.9 Å². The number of nitrogens with one attached hydrogen (secondary N) is 1. The zero-order chi connectivity index (χ0) is 15.5. The van der Waals surface area contributed by atoms with Crippen molar-refractivity contribution in [2.45, 2.75) is 12.5 Å². The van der Waals surface area contributed by atoms with Gasteiger partial charge < -0.3 is 10.6 Å². The number of halogens is 2. The summed E-state index contributed by atoms with van der Waals surface area (Å²) < 4.78 is 0. The minimum Gasteiger partial charge on any atom is -0.344 e. The van der Waals surface area contributed by atoms with E-state index in [2.05, 4.69) is 20.6 Å². The van der Waals surface area contributed by atoms with Gasteiger partial charge in [0, 0.05) is 12.0 Å². The molecule has 1 fully saturated rings. The lowest BCUT2D eigenvalue weighted by molar-refractivity contribution is -0.636. The van der Waals surface area contributed by atoms with Crippen LogP contribution in [0.2, 0.25) is 10.0 Å². The molecule has 1 saturated heterocycles. The Kier molecular flexibility index (Phi) is 4.57. The van der Waals surface area contributed by atoms with Crippen LogP contribution in [0.25, 0.3) is 11.3 Å². The highest BCUT2D eigenvalue weighted by Gasteiger charge is 2.21. The number of hydrogen-bond donors (Lipinski definition) is 2. The predicted octanol–water partition coefficient (Wildman–Crippen LogP) is 1.52. The van der Waals surface area contributed by atoms with Gasteiger partial charge in [-0.05, 0) is 18.2 Å². The van der Waals surface area contributed by atoms with E-state index in [0.29, 0.717) is 21.4 Å². The molecule has 3 N–H and O–H groups in total. The van der Waals surface area contributed by atoms with Crippen molar-refractivity contribution in [2.75, 3.05) is 13.1 Å². The Morgan fingerprint density at radius 3 is 2.82 bits per heavy atom. The third-order valence-corrected chi connectivity index (χ3v) is 4.36. The van der Waals surface area contributed by atoms with Crippen LogP contribution in [0.4, 0.5) is 0 Å². The van der Waals surface area contributed by atoms with E-state index >= 15 is 0 Å². The van der Waals surface area contributed by atoms with Crippen LogP contribution in [0, 0.1) is 0 Å². The van der Waals surface area contributed by atoms with Gasteiger partial charge in [0.15, 0.2) is 0 Å². The van der Waals surface area contributed by atoms with Crippen molar-refractivity contribution in [3.05, 3.63) is 46.3 Å². The molecule has 1 amide bonds. The van der Waals surface area contributed by atoms with E-state index in [1.165, 1.54) is 6.33 Å². The molecule has 2 heterocycles. The smallest absolute Gasteiger partial charge is 0.270 e. The molecule has 0 radical (unpaired) electrons. The molecule has 22 heavy (non-hydrogen) atoms. The van der Waals surface area contributed by atoms with E-state index in [-0.39, 0.29) is 11.9 Å². The normalized spacial score (nSPS) is 17.5. The third-order valence-electron chi connectivity index (χ3n) is 3.62. The van der Waals surface area contributed by atoms with Crippen LogP contribution in [-0.2, 0) is 0 Å². The summed E-state index contributed by atoms with van der Waals surface area (Å²) in [6, 6.07) is 7.10. The van der Waals surface area contributed by atoms with Crippen LogP contribution in [0.15, 0.2) is 30.6 Å². The van der Waals surface area contributed by atoms with Gasteiger partial charge in [0.1, 0.15) is 12.0 Å². The van der Waals surface area contributed by atoms with E-state index in [1.54, 1.807) is 18.2 Å². The molecular formula is C15H15Cl2N4O+. The highest BCUT2D eigenvalue weighted by atomic mass is 35.5. The number of carbonyl (C=O) groups excluding carboxylic acids is 1. The topological polar surface area (TPSA) is 71.5 Å². The fraction of sp³-hybridized carbons (Fsp3) is 0.267. The quantitative estimate of drug-likeness (QED) is 0.891. The van der Waals surface area contributed by atoms with Gasteiger partial charge in [-0.25, -0.2) is 9.97 Å². The number of nitrogens with zero attached hydrogens (tertiary/aromatic N) is 2. The van der Waals surface area contributed by atoms with Crippen LogP contribution >= 0.6 is 23.2 Å². The monoisotopic (exact) mass is 337 g/mol. The summed E-state index contributed by atoms with van der Waals surface area (Å²) in [5.74, 6) is -0.177. The molecule has 1 aromatic heterocycles. The molecule has 2 aromatic rings. The van der Waals surface area contributed by atoms with E-state index in [1.807, 2.05) is 6.07 Å². The summed E-state index contributed by atoms with van der Waals surface area (Å²) in [6.45, 7) is 1.96. The molecule has 0 saturated carbocycles. The molecule has 1 aromatic carbocycles. The fourth-order valence-electron chi connectivity index (χ4n) is 2.44. The zero-order valence-corrected chi connectivity index (χ0v) is 13.2. The van der Waals surface area contributed by atoms with Crippen molar-refractivity contribution in [2.24, 2.45) is 0 Å². The molecule has 1 aliphatic heterocycles. The highest BCUT2D eigenvalue weighted by molar-refractivity contribution is 6.42. The third kappa shape index (κ3) is 3.38. The molecule has 1 aliphatic rings. The molecule has 0 bridgehead atoms. The van der Waals surface area contributed by atoms with Crippen molar-refractivity contribution in [3.63, 3.8) is 0 Å². The molecule has 5 nitrogen and oxygen atoms in total. The number of amides is 1. The number of aromatic nitrogens is 2. The molecule has 7 heteroatoms. The Morgan fingerprint density at radius 1 is 1.23 bits per heavy atom. The molecule has 1 atom stereocenters. The van der Waals surface area contributed by atoms with Gasteiger partial charge in [0.2, 0.25) is 0 Å². The number of carbonyl (C=O) groups is 1. The van der Waals surface area contributed by atoms with Crippen LogP contribution in [0.3, 0.4) is 0 Å². The number of nitrogens with two attached hydrogens (primary N) is 1. The standard InChI is InChI=1S/C15H14Cl2N4O/c16-11-2-1-9(5-12(11)17)13-6-14(20-8-19-13)15(22)21-10-3-4-18-7-10/h1-2,5-6,8,10,18H,3-4,7H2,(H,21,22)/p+1. The van der Waals surface area contributed by atoms with E-state index < -0.39 is 0 Å². The van der Waals surface area contributed by atoms with Crippen LogP contribution < -0.4 is 10.6 Å². The first-order chi connectivity index (χ1) is 10.6. The van der Waals surface area contributed by atoms with E-state index in [9.17, 15) is 4.79 Å². The average Bonchev–Trinajstić information content (AvgIpc) is 3.03. The fourth-order valence-corrected chi connectivity index (χ4v) is 2.74. The Bertz CT molecular complexity index is 702. The Labute approximate surface area is 138 Å². The summed E-state index contributed by atoms with van der Waals surface area (Å²) in [4.78, 5) is 20.5. The summed E-state index contributed by atoms with van der Waals surface area (Å²) >= 11 is 11.9. The first-order valence-electron chi connectivity index (χ1n) is 7.03.